The van der Waals surface area contributed by atoms with Crippen molar-refractivity contribution in [1.82, 2.24) is 4.90 Å². The fourth-order valence-electron chi connectivity index (χ4n) is 3.22. The van der Waals surface area contributed by atoms with Crippen LogP contribution in [-0.4, -0.2) is 42.1 Å². The quantitative estimate of drug-likeness (QED) is 0.552. The lowest BCUT2D eigenvalue weighted by atomic mass is 9.97. The van der Waals surface area contributed by atoms with Crippen LogP contribution < -0.4 is 4.74 Å². The molecule has 2 rings (SSSR count). The number of piperidine rings is 1. The molecule has 1 aromatic carbocycles. The number of nitriles is 1. The van der Waals surface area contributed by atoms with Crippen molar-refractivity contribution in [2.75, 3.05) is 13.2 Å². The first-order chi connectivity index (χ1) is 12.5. The highest BCUT2D eigenvalue weighted by molar-refractivity contribution is 5.89. The number of ether oxygens (including phenoxy) is 2. The van der Waals surface area contributed by atoms with Gasteiger partial charge in [-0.15, -0.1) is 0 Å². The van der Waals surface area contributed by atoms with Gasteiger partial charge in [-0.2, -0.15) is 5.26 Å². The standard InChI is InChI=1S/C20H26N2O4/c1-15-6-5-7-16(2)22(15)19(23)14-26-18-10-8-17(9-11-18)20(24)25-13-4-3-12-21/h8-11,15-16H,3-7,13-14H2,1-2H3/t15-,16+. The molecule has 0 N–H and O–H groups in total. The summed E-state index contributed by atoms with van der Waals surface area (Å²) in [5.41, 5.74) is 0.416. The van der Waals surface area contributed by atoms with E-state index in [0.717, 1.165) is 19.3 Å². The SMILES string of the molecule is C[C@@H]1CCC[C@H](C)N1C(=O)COc1ccc(C(=O)OCCCC#N)cc1. The van der Waals surface area contributed by atoms with Crippen molar-refractivity contribution in [2.45, 2.75) is 58.0 Å². The fraction of sp³-hybridized carbons (Fsp3) is 0.550. The van der Waals surface area contributed by atoms with Gasteiger partial charge in [0.25, 0.3) is 5.91 Å². The molecule has 0 bridgehead atoms. The summed E-state index contributed by atoms with van der Waals surface area (Å²) in [6.07, 6.45) is 4.10. The van der Waals surface area contributed by atoms with E-state index in [1.807, 2.05) is 11.0 Å². The summed E-state index contributed by atoms with van der Waals surface area (Å²) >= 11 is 0. The molecule has 2 atom stereocenters. The third-order valence-corrected chi connectivity index (χ3v) is 4.60. The van der Waals surface area contributed by atoms with E-state index in [9.17, 15) is 9.59 Å². The third kappa shape index (κ3) is 5.48. The fourth-order valence-corrected chi connectivity index (χ4v) is 3.22. The number of carbonyl (C=O) groups excluding carboxylic acids is 2. The van der Waals surface area contributed by atoms with E-state index < -0.39 is 5.97 Å². The summed E-state index contributed by atoms with van der Waals surface area (Å²) in [5, 5.41) is 8.45. The number of hydrogen-bond donors (Lipinski definition) is 0. The smallest absolute Gasteiger partial charge is 0.338 e. The van der Waals surface area contributed by atoms with Crippen LogP contribution in [0.1, 0.15) is 56.3 Å². The lowest BCUT2D eigenvalue weighted by Crippen LogP contribution is -2.49. The van der Waals surface area contributed by atoms with Gasteiger partial charge in [0.1, 0.15) is 5.75 Å². The molecule has 140 valence electrons. The van der Waals surface area contributed by atoms with Crippen LogP contribution in [0, 0.1) is 11.3 Å². The van der Waals surface area contributed by atoms with E-state index in [1.54, 1.807) is 24.3 Å². The molecule has 6 nitrogen and oxygen atoms in total. The van der Waals surface area contributed by atoms with Crippen LogP contribution in [-0.2, 0) is 9.53 Å². The van der Waals surface area contributed by atoms with Gasteiger partial charge in [0, 0.05) is 18.5 Å². The topological polar surface area (TPSA) is 79.6 Å². The summed E-state index contributed by atoms with van der Waals surface area (Å²) in [5.74, 6) is 0.101. The van der Waals surface area contributed by atoms with E-state index in [-0.39, 0.29) is 31.2 Å². The predicted molar refractivity (Wildman–Crippen MR) is 96.7 cm³/mol. The van der Waals surface area contributed by atoms with E-state index in [4.69, 9.17) is 14.7 Å². The maximum Gasteiger partial charge on any atom is 0.338 e. The van der Waals surface area contributed by atoms with Crippen LogP contribution in [0.25, 0.3) is 0 Å². The zero-order chi connectivity index (χ0) is 18.9. The number of unbranched alkanes of at least 4 members (excludes halogenated alkanes) is 1. The highest BCUT2D eigenvalue weighted by atomic mass is 16.5. The predicted octanol–water partition coefficient (Wildman–Crippen LogP) is 3.32. The number of nitrogens with zero attached hydrogens (tertiary/aromatic N) is 2. The van der Waals surface area contributed by atoms with E-state index in [0.29, 0.717) is 24.2 Å². The Hall–Kier alpha value is -2.55. The molecule has 1 aliphatic heterocycles. The number of benzene rings is 1. The Morgan fingerprint density at radius 3 is 2.46 bits per heavy atom. The van der Waals surface area contributed by atoms with Gasteiger partial charge in [-0.1, -0.05) is 0 Å². The van der Waals surface area contributed by atoms with Crippen LogP contribution in [0.3, 0.4) is 0 Å². The number of likely N-dealkylation sites (tertiary alicyclic amines) is 1. The lowest BCUT2D eigenvalue weighted by Gasteiger charge is -2.38. The summed E-state index contributed by atoms with van der Waals surface area (Å²) in [6, 6.07) is 9.02. The minimum Gasteiger partial charge on any atom is -0.484 e. The van der Waals surface area contributed by atoms with Crippen molar-refractivity contribution in [3.63, 3.8) is 0 Å². The Bertz CT molecular complexity index is 641. The molecule has 1 aliphatic rings. The Labute approximate surface area is 154 Å². The second-order valence-corrected chi connectivity index (χ2v) is 6.64. The lowest BCUT2D eigenvalue weighted by molar-refractivity contribution is -0.139. The average Bonchev–Trinajstić information content (AvgIpc) is 2.63. The summed E-state index contributed by atoms with van der Waals surface area (Å²) in [6.45, 7) is 4.37. The van der Waals surface area contributed by atoms with Gasteiger partial charge in [0.15, 0.2) is 6.61 Å². The maximum absolute atomic E-state index is 12.4. The zero-order valence-corrected chi connectivity index (χ0v) is 15.4. The van der Waals surface area contributed by atoms with Crippen LogP contribution in [0.2, 0.25) is 0 Å². The largest absolute Gasteiger partial charge is 0.484 e. The molecule has 6 heteroatoms. The first-order valence-corrected chi connectivity index (χ1v) is 9.11. The second kappa shape index (κ2) is 9.81. The van der Waals surface area contributed by atoms with Crippen molar-refractivity contribution in [2.24, 2.45) is 0 Å². The first kappa shape index (κ1) is 19.8. The maximum atomic E-state index is 12.4. The molecule has 1 saturated heterocycles. The Kier molecular flexibility index (Phi) is 7.46. The molecule has 0 radical (unpaired) electrons. The number of esters is 1. The Morgan fingerprint density at radius 1 is 1.19 bits per heavy atom. The van der Waals surface area contributed by atoms with Crippen molar-refractivity contribution in [3.05, 3.63) is 29.8 Å². The van der Waals surface area contributed by atoms with E-state index in [2.05, 4.69) is 13.8 Å². The summed E-state index contributed by atoms with van der Waals surface area (Å²) in [4.78, 5) is 26.2. The van der Waals surface area contributed by atoms with Crippen molar-refractivity contribution in [1.29, 1.82) is 5.26 Å². The molecule has 0 spiro atoms. The minimum atomic E-state index is -0.429. The van der Waals surface area contributed by atoms with Crippen molar-refractivity contribution >= 4 is 11.9 Å². The van der Waals surface area contributed by atoms with E-state index in [1.165, 1.54) is 0 Å². The zero-order valence-electron chi connectivity index (χ0n) is 15.4. The molecule has 0 aromatic heterocycles. The second-order valence-electron chi connectivity index (χ2n) is 6.64. The van der Waals surface area contributed by atoms with E-state index >= 15 is 0 Å². The number of rotatable bonds is 7. The summed E-state index contributed by atoms with van der Waals surface area (Å²) in [7, 11) is 0. The van der Waals surface area contributed by atoms with Crippen LogP contribution in [0.4, 0.5) is 0 Å². The molecular formula is C20H26N2O4. The molecule has 1 heterocycles. The first-order valence-electron chi connectivity index (χ1n) is 9.11. The molecule has 26 heavy (non-hydrogen) atoms. The molecule has 1 aromatic rings. The molecular weight excluding hydrogens is 332 g/mol. The highest BCUT2D eigenvalue weighted by Gasteiger charge is 2.28. The van der Waals surface area contributed by atoms with Crippen molar-refractivity contribution in [3.8, 4) is 11.8 Å². The van der Waals surface area contributed by atoms with Crippen LogP contribution >= 0.6 is 0 Å². The highest BCUT2D eigenvalue weighted by Crippen LogP contribution is 2.23. The molecule has 1 fully saturated rings. The number of amides is 1. The van der Waals surface area contributed by atoms with Gasteiger partial charge >= 0.3 is 5.97 Å². The number of hydrogen-bond acceptors (Lipinski definition) is 5. The third-order valence-electron chi connectivity index (χ3n) is 4.60. The molecule has 0 unspecified atom stereocenters. The molecule has 1 amide bonds. The normalized spacial score (nSPS) is 19.5. The van der Waals surface area contributed by atoms with Crippen molar-refractivity contribution < 1.29 is 19.1 Å². The van der Waals surface area contributed by atoms with Gasteiger partial charge in [-0.3, -0.25) is 4.79 Å². The van der Waals surface area contributed by atoms with Gasteiger partial charge < -0.3 is 14.4 Å². The van der Waals surface area contributed by atoms with Crippen LogP contribution in [0.15, 0.2) is 24.3 Å². The van der Waals surface area contributed by atoms with Crippen LogP contribution in [0.5, 0.6) is 5.75 Å². The summed E-state index contributed by atoms with van der Waals surface area (Å²) < 4.78 is 10.7. The monoisotopic (exact) mass is 358 g/mol. The molecule has 0 aliphatic carbocycles. The Morgan fingerprint density at radius 2 is 1.85 bits per heavy atom. The minimum absolute atomic E-state index is 0.00731. The van der Waals surface area contributed by atoms with Gasteiger partial charge in [-0.25, -0.2) is 4.79 Å². The van der Waals surface area contributed by atoms with Gasteiger partial charge in [-0.05, 0) is 63.8 Å². The Balaban J connectivity index is 1.82. The molecule has 0 saturated carbocycles. The van der Waals surface area contributed by atoms with Gasteiger partial charge in [0.05, 0.1) is 18.2 Å². The van der Waals surface area contributed by atoms with Gasteiger partial charge in [0.2, 0.25) is 0 Å². The average molecular weight is 358 g/mol. The number of carbonyl (C=O) groups is 2.